The number of carbonyl (C=O) groups excluding carboxylic acids is 1. The maximum atomic E-state index is 12.1. The molecule has 0 saturated heterocycles. The number of rotatable bonds is 17. The predicted molar refractivity (Wildman–Crippen MR) is 121 cm³/mol. The topological polar surface area (TPSA) is 81.9 Å². The molecular formula is C24H40N2O3. The van der Waals surface area contributed by atoms with Gasteiger partial charge in [-0.25, -0.2) is 0 Å². The molecule has 0 unspecified atom stereocenters. The summed E-state index contributed by atoms with van der Waals surface area (Å²) in [4.78, 5) is 16.3. The van der Waals surface area contributed by atoms with Gasteiger partial charge in [-0.3, -0.25) is 9.79 Å². The van der Waals surface area contributed by atoms with Crippen molar-refractivity contribution in [1.82, 2.24) is 5.32 Å². The number of phenolic OH excluding ortho intramolecular Hbond substituents is 1. The Hall–Kier alpha value is -1.88. The van der Waals surface area contributed by atoms with Crippen LogP contribution in [-0.2, 0) is 4.79 Å². The minimum Gasteiger partial charge on any atom is -0.508 e. The Bertz CT molecular complexity index is 575. The van der Waals surface area contributed by atoms with Crippen molar-refractivity contribution in [3.05, 3.63) is 29.8 Å². The van der Waals surface area contributed by atoms with Crippen molar-refractivity contribution in [2.24, 2.45) is 4.99 Å². The van der Waals surface area contributed by atoms with Gasteiger partial charge in [-0.05, 0) is 24.1 Å². The zero-order valence-corrected chi connectivity index (χ0v) is 18.1. The molecule has 0 aliphatic heterocycles. The van der Waals surface area contributed by atoms with Crippen LogP contribution in [0.3, 0.4) is 0 Å². The standard InChI is InChI=1S/C24H40N2O3/c1-2-3-4-5-6-7-8-9-10-11-12-13-17-25-24(29)23(20-27)26-19-21-15-14-16-22(28)18-21/h14-16,18-19,23,27-28H,2-13,17,20H2,1H3,(H,25,29)/t23-/m0/s1. The first-order valence-electron chi connectivity index (χ1n) is 11.4. The Morgan fingerprint density at radius 1 is 1.00 bits per heavy atom. The van der Waals surface area contributed by atoms with E-state index in [1.165, 1.54) is 70.4 Å². The molecule has 3 N–H and O–H groups in total. The molecule has 0 aliphatic carbocycles. The number of hydrogen-bond donors (Lipinski definition) is 3. The molecule has 0 aromatic heterocycles. The normalized spacial score (nSPS) is 12.3. The van der Waals surface area contributed by atoms with Gasteiger partial charge in [-0.15, -0.1) is 0 Å². The number of amides is 1. The van der Waals surface area contributed by atoms with Gasteiger partial charge in [0.1, 0.15) is 5.75 Å². The summed E-state index contributed by atoms with van der Waals surface area (Å²) in [6.45, 7) is 2.54. The second-order valence-electron chi connectivity index (χ2n) is 7.75. The number of phenols is 1. The summed E-state index contributed by atoms with van der Waals surface area (Å²) in [5.74, 6) is -0.113. The fourth-order valence-electron chi connectivity index (χ4n) is 3.27. The first-order valence-corrected chi connectivity index (χ1v) is 11.4. The first-order chi connectivity index (χ1) is 14.2. The minimum atomic E-state index is -0.810. The van der Waals surface area contributed by atoms with Gasteiger partial charge in [-0.1, -0.05) is 89.7 Å². The molecule has 1 atom stereocenters. The number of unbranched alkanes of at least 4 members (excludes halogenated alkanes) is 11. The van der Waals surface area contributed by atoms with Crippen LogP contribution < -0.4 is 5.32 Å². The van der Waals surface area contributed by atoms with E-state index >= 15 is 0 Å². The summed E-state index contributed by atoms with van der Waals surface area (Å²) in [5.41, 5.74) is 0.692. The Balaban J connectivity index is 2.04. The quantitative estimate of drug-likeness (QED) is 0.253. The summed E-state index contributed by atoms with van der Waals surface area (Å²) in [6, 6.07) is 5.81. The van der Waals surface area contributed by atoms with E-state index in [0.717, 1.165) is 12.8 Å². The van der Waals surface area contributed by atoms with Gasteiger partial charge >= 0.3 is 0 Å². The van der Waals surface area contributed by atoms with Crippen molar-refractivity contribution in [3.8, 4) is 5.75 Å². The molecule has 1 rings (SSSR count). The number of aromatic hydroxyl groups is 1. The van der Waals surface area contributed by atoms with Crippen LogP contribution >= 0.6 is 0 Å². The Labute approximate surface area is 176 Å². The predicted octanol–water partition coefficient (Wildman–Crippen LogP) is 4.99. The number of nitrogens with one attached hydrogen (secondary N) is 1. The van der Waals surface area contributed by atoms with Gasteiger partial charge in [0.25, 0.3) is 0 Å². The molecule has 0 fully saturated rings. The zero-order chi connectivity index (χ0) is 21.2. The van der Waals surface area contributed by atoms with E-state index in [1.54, 1.807) is 24.3 Å². The van der Waals surface area contributed by atoms with Gasteiger partial charge in [0, 0.05) is 12.8 Å². The summed E-state index contributed by atoms with van der Waals surface area (Å²) >= 11 is 0. The van der Waals surface area contributed by atoms with E-state index in [1.807, 2.05) is 0 Å². The molecular weight excluding hydrogens is 364 g/mol. The fourth-order valence-corrected chi connectivity index (χ4v) is 3.27. The number of carbonyl (C=O) groups is 1. The molecule has 0 aliphatic rings. The van der Waals surface area contributed by atoms with Crippen molar-refractivity contribution in [2.75, 3.05) is 13.2 Å². The highest BCUT2D eigenvalue weighted by Gasteiger charge is 2.14. The van der Waals surface area contributed by atoms with Crippen LogP contribution in [0.15, 0.2) is 29.3 Å². The molecule has 0 heterocycles. The van der Waals surface area contributed by atoms with Crippen molar-refractivity contribution in [1.29, 1.82) is 0 Å². The lowest BCUT2D eigenvalue weighted by atomic mass is 10.1. The van der Waals surface area contributed by atoms with Crippen molar-refractivity contribution in [2.45, 2.75) is 90.0 Å². The minimum absolute atomic E-state index is 0.144. The molecule has 0 radical (unpaired) electrons. The average molecular weight is 405 g/mol. The summed E-state index contributed by atoms with van der Waals surface area (Å²) in [7, 11) is 0. The highest BCUT2D eigenvalue weighted by molar-refractivity contribution is 5.87. The van der Waals surface area contributed by atoms with E-state index < -0.39 is 6.04 Å². The molecule has 0 saturated carbocycles. The molecule has 29 heavy (non-hydrogen) atoms. The SMILES string of the molecule is CCCCCCCCCCCCCCNC(=O)[C@H](CO)N=Cc1cccc(O)c1. The molecule has 0 bridgehead atoms. The van der Waals surface area contributed by atoms with E-state index in [4.69, 9.17) is 0 Å². The molecule has 0 spiro atoms. The van der Waals surface area contributed by atoms with Crippen LogP contribution in [0.2, 0.25) is 0 Å². The summed E-state index contributed by atoms with van der Waals surface area (Å²) in [5, 5.41) is 21.7. The number of aliphatic imine (C=N–C) groups is 1. The second kappa shape index (κ2) is 17.0. The van der Waals surface area contributed by atoms with Crippen LogP contribution in [0.4, 0.5) is 0 Å². The van der Waals surface area contributed by atoms with Gasteiger partial charge in [0.15, 0.2) is 6.04 Å². The molecule has 1 aromatic rings. The van der Waals surface area contributed by atoms with Crippen LogP contribution in [-0.4, -0.2) is 41.5 Å². The largest absolute Gasteiger partial charge is 0.508 e. The first kappa shape index (κ1) is 25.2. The van der Waals surface area contributed by atoms with Gasteiger partial charge in [-0.2, -0.15) is 0 Å². The highest BCUT2D eigenvalue weighted by Crippen LogP contribution is 2.12. The number of aliphatic hydroxyl groups excluding tert-OH is 1. The third-order valence-corrected chi connectivity index (χ3v) is 5.08. The van der Waals surface area contributed by atoms with Crippen LogP contribution in [0.1, 0.15) is 89.5 Å². The average Bonchev–Trinajstić information content (AvgIpc) is 2.72. The monoisotopic (exact) mass is 404 g/mol. The van der Waals surface area contributed by atoms with E-state index in [2.05, 4.69) is 17.2 Å². The van der Waals surface area contributed by atoms with Crippen LogP contribution in [0, 0.1) is 0 Å². The number of hydrogen-bond acceptors (Lipinski definition) is 4. The number of nitrogens with zero attached hydrogens (tertiary/aromatic N) is 1. The lowest BCUT2D eigenvalue weighted by Gasteiger charge is -2.10. The summed E-state index contributed by atoms with van der Waals surface area (Å²) < 4.78 is 0. The lowest BCUT2D eigenvalue weighted by Crippen LogP contribution is -2.36. The van der Waals surface area contributed by atoms with Gasteiger partial charge in [0.2, 0.25) is 5.91 Å². The third-order valence-electron chi connectivity index (χ3n) is 5.08. The molecule has 1 amide bonds. The summed E-state index contributed by atoms with van der Waals surface area (Å²) in [6.07, 6.45) is 16.9. The van der Waals surface area contributed by atoms with E-state index in [9.17, 15) is 15.0 Å². The van der Waals surface area contributed by atoms with Crippen LogP contribution in [0.25, 0.3) is 0 Å². The van der Waals surface area contributed by atoms with Crippen molar-refractivity contribution < 1.29 is 15.0 Å². The maximum absolute atomic E-state index is 12.1. The lowest BCUT2D eigenvalue weighted by molar-refractivity contribution is -0.123. The Morgan fingerprint density at radius 2 is 1.59 bits per heavy atom. The van der Waals surface area contributed by atoms with Gasteiger partial charge < -0.3 is 15.5 Å². The number of aliphatic hydroxyl groups is 1. The highest BCUT2D eigenvalue weighted by atomic mass is 16.3. The number of benzene rings is 1. The van der Waals surface area contributed by atoms with Crippen LogP contribution in [0.5, 0.6) is 5.75 Å². The third kappa shape index (κ3) is 13.1. The van der Waals surface area contributed by atoms with Gasteiger partial charge in [0.05, 0.1) is 6.61 Å². The van der Waals surface area contributed by atoms with E-state index in [-0.39, 0.29) is 18.3 Å². The second-order valence-corrected chi connectivity index (χ2v) is 7.75. The smallest absolute Gasteiger partial charge is 0.247 e. The molecule has 164 valence electrons. The van der Waals surface area contributed by atoms with Crippen molar-refractivity contribution >= 4 is 12.1 Å². The maximum Gasteiger partial charge on any atom is 0.247 e. The molecule has 5 heteroatoms. The Kier molecular flexibility index (Phi) is 14.8. The Morgan fingerprint density at radius 3 is 2.14 bits per heavy atom. The molecule has 1 aromatic carbocycles. The van der Waals surface area contributed by atoms with E-state index in [0.29, 0.717) is 12.1 Å². The van der Waals surface area contributed by atoms with Crippen molar-refractivity contribution in [3.63, 3.8) is 0 Å². The zero-order valence-electron chi connectivity index (χ0n) is 18.1. The fraction of sp³-hybridized carbons (Fsp3) is 0.667. The molecule has 5 nitrogen and oxygen atoms in total.